The largest absolute Gasteiger partial charge is 0.329 e. The lowest BCUT2D eigenvalue weighted by atomic mass is 9.84. The summed E-state index contributed by atoms with van der Waals surface area (Å²) in [6, 6.07) is 10.6. The van der Waals surface area contributed by atoms with Crippen LogP contribution in [0.4, 0.5) is 0 Å². The zero-order valence-corrected chi connectivity index (χ0v) is 25.7. The van der Waals surface area contributed by atoms with Crippen LogP contribution in [-0.2, 0) is 25.7 Å². The van der Waals surface area contributed by atoms with Crippen molar-refractivity contribution < 1.29 is 8.97 Å². The standard InChI is InChI=1S/C33H53N5/c1-10-28-31(24-34-19-18-27-16-14-13-15-17-27)29(11-2)33(26-36-21-23-38(7,8)9)30(12-3)32(28)25-35-20-22-37(4,5)6/h13-17,24-26H,10-12,18-23H2,1-9H3/q+2. The van der Waals surface area contributed by atoms with Gasteiger partial charge in [0.25, 0.3) is 0 Å². The van der Waals surface area contributed by atoms with Gasteiger partial charge in [0.15, 0.2) is 0 Å². The molecule has 0 unspecified atom stereocenters. The second-order valence-electron chi connectivity index (χ2n) is 12.1. The van der Waals surface area contributed by atoms with Crippen LogP contribution in [0.25, 0.3) is 0 Å². The van der Waals surface area contributed by atoms with E-state index in [1.54, 1.807) is 0 Å². The molecule has 0 fully saturated rings. The lowest BCUT2D eigenvalue weighted by Gasteiger charge is -2.23. The van der Waals surface area contributed by atoms with Crippen LogP contribution in [0.2, 0.25) is 0 Å². The normalized spacial score (nSPS) is 13.0. The van der Waals surface area contributed by atoms with Crippen LogP contribution in [0.3, 0.4) is 0 Å². The van der Waals surface area contributed by atoms with Crippen molar-refractivity contribution in [1.29, 1.82) is 0 Å². The van der Waals surface area contributed by atoms with Crippen molar-refractivity contribution in [3.05, 3.63) is 69.3 Å². The van der Waals surface area contributed by atoms with Crippen molar-refractivity contribution in [3.8, 4) is 0 Å². The first kappa shape index (κ1) is 31.6. The maximum atomic E-state index is 4.93. The summed E-state index contributed by atoms with van der Waals surface area (Å²) in [6.07, 6.45) is 10.2. The first-order valence-corrected chi connectivity index (χ1v) is 14.4. The third kappa shape index (κ3) is 10.3. The molecule has 0 saturated heterocycles. The molecular formula is C33H53N5+2. The monoisotopic (exact) mass is 519 g/mol. The number of rotatable bonds is 15. The molecule has 2 aromatic carbocycles. The van der Waals surface area contributed by atoms with Gasteiger partial charge in [-0.15, -0.1) is 0 Å². The smallest absolute Gasteiger partial charge is 0.0979 e. The summed E-state index contributed by atoms with van der Waals surface area (Å²) in [7, 11) is 13.3. The van der Waals surface area contributed by atoms with Crippen molar-refractivity contribution in [1.82, 2.24) is 0 Å². The third-order valence-corrected chi connectivity index (χ3v) is 6.84. The molecule has 0 aromatic heterocycles. The van der Waals surface area contributed by atoms with Gasteiger partial charge in [0.05, 0.1) is 68.5 Å². The Balaban J connectivity index is 2.55. The van der Waals surface area contributed by atoms with E-state index in [4.69, 9.17) is 15.0 Å². The van der Waals surface area contributed by atoms with Crippen LogP contribution in [0.1, 0.15) is 59.7 Å². The van der Waals surface area contributed by atoms with Gasteiger partial charge in [0.2, 0.25) is 0 Å². The van der Waals surface area contributed by atoms with Gasteiger partial charge in [-0.3, -0.25) is 15.0 Å². The molecule has 5 heteroatoms. The molecule has 2 rings (SSSR count). The summed E-state index contributed by atoms with van der Waals surface area (Å²) in [5, 5.41) is 0. The molecule has 38 heavy (non-hydrogen) atoms. The van der Waals surface area contributed by atoms with Crippen LogP contribution in [0.15, 0.2) is 45.3 Å². The topological polar surface area (TPSA) is 37.1 Å². The number of aliphatic imine (C=N–C) groups is 3. The van der Waals surface area contributed by atoms with Crippen molar-refractivity contribution in [2.45, 2.75) is 46.5 Å². The van der Waals surface area contributed by atoms with Gasteiger partial charge in [-0.05, 0) is 64.6 Å². The summed E-state index contributed by atoms with van der Waals surface area (Å²) in [4.78, 5) is 14.8. The Morgan fingerprint density at radius 2 is 0.921 bits per heavy atom. The minimum absolute atomic E-state index is 0.783. The van der Waals surface area contributed by atoms with Gasteiger partial charge in [-0.2, -0.15) is 0 Å². The van der Waals surface area contributed by atoms with Crippen LogP contribution in [0, 0.1) is 0 Å². The predicted molar refractivity (Wildman–Crippen MR) is 168 cm³/mol. The average Bonchev–Trinajstić information content (AvgIpc) is 2.86. The Morgan fingerprint density at radius 3 is 1.26 bits per heavy atom. The summed E-state index contributed by atoms with van der Waals surface area (Å²) in [5.41, 5.74) is 9.22. The van der Waals surface area contributed by atoms with Gasteiger partial charge in [-0.1, -0.05) is 51.1 Å². The second kappa shape index (κ2) is 15.1. The second-order valence-corrected chi connectivity index (χ2v) is 12.1. The SMILES string of the molecule is CCc1c(C=NCCc2ccccc2)c(CC)c(C=NCC[N+](C)(C)C)c(CC)c1C=NCC[N+](C)(C)C. The molecule has 5 nitrogen and oxygen atoms in total. The Kier molecular flexibility index (Phi) is 12.5. The number of likely N-dealkylation sites (N-methyl/N-ethyl adjacent to an activating group) is 2. The molecule has 0 amide bonds. The maximum absolute atomic E-state index is 4.93. The van der Waals surface area contributed by atoms with Gasteiger partial charge in [-0.25, -0.2) is 0 Å². The fourth-order valence-electron chi connectivity index (χ4n) is 4.61. The molecular weight excluding hydrogens is 466 g/mol. The van der Waals surface area contributed by atoms with Crippen LogP contribution < -0.4 is 0 Å². The predicted octanol–water partition coefficient (Wildman–Crippen LogP) is 5.29. The van der Waals surface area contributed by atoms with E-state index in [1.165, 1.54) is 38.9 Å². The van der Waals surface area contributed by atoms with E-state index < -0.39 is 0 Å². The summed E-state index contributed by atoms with van der Waals surface area (Å²) >= 11 is 0. The Morgan fingerprint density at radius 1 is 0.553 bits per heavy atom. The molecule has 2 aromatic rings. The Bertz CT molecular complexity index is 1030. The minimum Gasteiger partial charge on any atom is -0.329 e. The van der Waals surface area contributed by atoms with Crippen molar-refractivity contribution in [2.75, 3.05) is 75.0 Å². The van der Waals surface area contributed by atoms with E-state index in [0.717, 1.165) is 67.4 Å². The highest BCUT2D eigenvalue weighted by atomic mass is 15.3. The summed E-state index contributed by atoms with van der Waals surface area (Å²) in [5.74, 6) is 0. The third-order valence-electron chi connectivity index (χ3n) is 6.84. The zero-order valence-electron chi connectivity index (χ0n) is 25.7. The molecule has 0 radical (unpaired) electrons. The quantitative estimate of drug-likeness (QED) is 0.227. The summed E-state index contributed by atoms with van der Waals surface area (Å²) < 4.78 is 1.83. The Labute approximate surface area is 233 Å². The zero-order chi connectivity index (χ0) is 28.2. The number of hydrogen-bond acceptors (Lipinski definition) is 3. The van der Waals surface area contributed by atoms with E-state index >= 15 is 0 Å². The fourth-order valence-corrected chi connectivity index (χ4v) is 4.61. The fraction of sp³-hybridized carbons (Fsp3) is 0.545. The number of benzene rings is 2. The molecule has 0 aliphatic rings. The molecule has 0 bridgehead atoms. The van der Waals surface area contributed by atoms with Crippen LogP contribution in [0.5, 0.6) is 0 Å². The first-order chi connectivity index (χ1) is 18.0. The highest BCUT2D eigenvalue weighted by molar-refractivity contribution is 5.99. The minimum atomic E-state index is 0.783. The summed E-state index contributed by atoms with van der Waals surface area (Å²) in [6.45, 7) is 11.2. The number of nitrogens with zero attached hydrogens (tertiary/aromatic N) is 5. The van der Waals surface area contributed by atoms with Gasteiger partial charge in [0, 0.05) is 25.2 Å². The molecule has 0 saturated carbocycles. The maximum Gasteiger partial charge on any atom is 0.0979 e. The highest BCUT2D eigenvalue weighted by Crippen LogP contribution is 2.28. The molecule has 0 N–H and O–H groups in total. The lowest BCUT2D eigenvalue weighted by Crippen LogP contribution is -2.36. The molecule has 0 atom stereocenters. The Hall–Kier alpha value is -2.63. The van der Waals surface area contributed by atoms with E-state index in [-0.39, 0.29) is 0 Å². The molecule has 0 aliphatic heterocycles. The van der Waals surface area contributed by atoms with Gasteiger partial charge >= 0.3 is 0 Å². The van der Waals surface area contributed by atoms with Gasteiger partial charge in [0.1, 0.15) is 0 Å². The van der Waals surface area contributed by atoms with Crippen LogP contribution in [-0.4, -0.2) is 103 Å². The number of hydrogen-bond donors (Lipinski definition) is 0. The van der Waals surface area contributed by atoms with Crippen molar-refractivity contribution in [2.24, 2.45) is 15.0 Å². The van der Waals surface area contributed by atoms with Crippen molar-refractivity contribution >= 4 is 18.6 Å². The van der Waals surface area contributed by atoms with E-state index in [9.17, 15) is 0 Å². The van der Waals surface area contributed by atoms with E-state index in [0.29, 0.717) is 0 Å². The van der Waals surface area contributed by atoms with Gasteiger partial charge < -0.3 is 8.97 Å². The lowest BCUT2D eigenvalue weighted by molar-refractivity contribution is -0.868. The molecule has 208 valence electrons. The van der Waals surface area contributed by atoms with Crippen molar-refractivity contribution in [3.63, 3.8) is 0 Å². The van der Waals surface area contributed by atoms with E-state index in [1.807, 2.05) is 0 Å². The average molecular weight is 520 g/mol. The highest BCUT2D eigenvalue weighted by Gasteiger charge is 2.19. The molecule has 0 heterocycles. The first-order valence-electron chi connectivity index (χ1n) is 14.4. The van der Waals surface area contributed by atoms with E-state index in [2.05, 4.69) is 112 Å². The molecule has 0 aliphatic carbocycles. The number of quaternary nitrogens is 2. The van der Waals surface area contributed by atoms with Crippen LogP contribution >= 0.6 is 0 Å². The molecule has 0 spiro atoms.